The molecule has 0 unspecified atom stereocenters. The zero-order valence-corrected chi connectivity index (χ0v) is 11.3. The highest BCUT2D eigenvalue weighted by atomic mass is 16.1. The number of ketones is 2. The van der Waals surface area contributed by atoms with E-state index in [0.29, 0.717) is 5.56 Å². The number of hydrogen-bond acceptors (Lipinski definition) is 2. The lowest BCUT2D eigenvalue weighted by atomic mass is 9.87. The average molecular weight is 232 g/mol. The van der Waals surface area contributed by atoms with Gasteiger partial charge in [-0.15, -0.1) is 0 Å². The summed E-state index contributed by atoms with van der Waals surface area (Å²) in [6, 6.07) is 5.57. The van der Waals surface area contributed by atoms with Crippen LogP contribution in [0, 0.1) is 19.3 Å². The van der Waals surface area contributed by atoms with Crippen molar-refractivity contribution in [3.8, 4) is 0 Å². The monoisotopic (exact) mass is 232 g/mol. The topological polar surface area (TPSA) is 34.1 Å². The van der Waals surface area contributed by atoms with E-state index in [1.807, 2.05) is 46.8 Å². The minimum atomic E-state index is -0.449. The molecule has 17 heavy (non-hydrogen) atoms. The zero-order valence-electron chi connectivity index (χ0n) is 11.3. The highest BCUT2D eigenvalue weighted by Gasteiger charge is 2.24. The normalized spacial score (nSPS) is 11.4. The van der Waals surface area contributed by atoms with Gasteiger partial charge in [-0.25, -0.2) is 0 Å². The molecule has 0 aromatic heterocycles. The van der Waals surface area contributed by atoms with Crippen molar-refractivity contribution in [1.29, 1.82) is 0 Å². The van der Waals surface area contributed by atoms with Gasteiger partial charge in [0.1, 0.15) is 5.78 Å². The van der Waals surface area contributed by atoms with Crippen LogP contribution in [-0.2, 0) is 4.79 Å². The maximum atomic E-state index is 11.9. The van der Waals surface area contributed by atoms with Gasteiger partial charge in [0.15, 0.2) is 5.78 Å². The third-order valence-corrected chi connectivity index (χ3v) is 2.99. The van der Waals surface area contributed by atoms with Crippen molar-refractivity contribution < 1.29 is 9.59 Å². The third kappa shape index (κ3) is 3.52. The largest absolute Gasteiger partial charge is 0.299 e. The van der Waals surface area contributed by atoms with Crippen LogP contribution >= 0.6 is 0 Å². The van der Waals surface area contributed by atoms with Crippen LogP contribution in [0.3, 0.4) is 0 Å². The summed E-state index contributed by atoms with van der Waals surface area (Å²) in [6.45, 7) is 9.48. The lowest BCUT2D eigenvalue weighted by Crippen LogP contribution is -2.23. The second-order valence-corrected chi connectivity index (χ2v) is 5.57. The van der Waals surface area contributed by atoms with Crippen molar-refractivity contribution in [2.75, 3.05) is 0 Å². The smallest absolute Gasteiger partial charge is 0.170 e. The van der Waals surface area contributed by atoms with Gasteiger partial charge in [0.05, 0.1) is 6.42 Å². The van der Waals surface area contributed by atoms with E-state index in [-0.39, 0.29) is 18.0 Å². The first kappa shape index (κ1) is 13.6. The third-order valence-electron chi connectivity index (χ3n) is 2.99. The van der Waals surface area contributed by atoms with Crippen LogP contribution in [0.1, 0.15) is 48.7 Å². The molecule has 0 heterocycles. The Balaban J connectivity index is 2.84. The van der Waals surface area contributed by atoms with Crippen molar-refractivity contribution in [3.63, 3.8) is 0 Å². The lowest BCUT2D eigenvalue weighted by Gasteiger charge is -2.15. The maximum absolute atomic E-state index is 11.9. The van der Waals surface area contributed by atoms with Crippen molar-refractivity contribution in [3.05, 3.63) is 34.9 Å². The molecule has 2 nitrogen and oxygen atoms in total. The lowest BCUT2D eigenvalue weighted by molar-refractivity contribution is -0.125. The molecular weight excluding hydrogens is 212 g/mol. The molecule has 1 aromatic rings. The SMILES string of the molecule is Cc1ccc(C(=O)CC(=O)C(C)(C)C)cc1C. The standard InChI is InChI=1S/C15H20O2/c1-10-6-7-12(8-11(10)2)13(16)9-14(17)15(3,4)5/h6-8H,9H2,1-5H3. The second-order valence-electron chi connectivity index (χ2n) is 5.57. The number of Topliss-reactive ketones (excluding diaryl/α,β-unsaturated/α-hetero) is 2. The minimum absolute atomic E-state index is 0.00794. The Bertz CT molecular complexity index is 450. The van der Waals surface area contributed by atoms with Crippen LogP contribution in [0.5, 0.6) is 0 Å². The summed E-state index contributed by atoms with van der Waals surface area (Å²) in [5.74, 6) is -0.103. The number of rotatable bonds is 3. The number of carbonyl (C=O) groups is 2. The van der Waals surface area contributed by atoms with Crippen molar-refractivity contribution in [1.82, 2.24) is 0 Å². The summed E-state index contributed by atoms with van der Waals surface area (Å²) in [4.78, 5) is 23.7. The van der Waals surface area contributed by atoms with Gasteiger partial charge in [0.25, 0.3) is 0 Å². The predicted molar refractivity (Wildman–Crippen MR) is 69.3 cm³/mol. The molecule has 0 saturated heterocycles. The molecule has 0 aliphatic heterocycles. The summed E-state index contributed by atoms with van der Waals surface area (Å²) in [6.07, 6.45) is -0.00794. The summed E-state index contributed by atoms with van der Waals surface area (Å²) in [5, 5.41) is 0. The summed E-state index contributed by atoms with van der Waals surface area (Å²) >= 11 is 0. The molecule has 0 saturated carbocycles. The molecular formula is C15H20O2. The number of hydrogen-bond donors (Lipinski definition) is 0. The fourth-order valence-corrected chi connectivity index (χ4v) is 1.43. The summed E-state index contributed by atoms with van der Waals surface area (Å²) in [5.41, 5.74) is 2.42. The Labute approximate surface area is 103 Å². The molecule has 2 heteroatoms. The second kappa shape index (κ2) is 4.82. The van der Waals surface area contributed by atoms with Crippen molar-refractivity contribution in [2.45, 2.75) is 41.0 Å². The Morgan fingerprint density at radius 2 is 1.65 bits per heavy atom. The van der Waals surface area contributed by atoms with E-state index in [9.17, 15) is 9.59 Å². The van der Waals surface area contributed by atoms with E-state index in [1.165, 1.54) is 0 Å². The van der Waals surface area contributed by atoms with Gasteiger partial charge >= 0.3 is 0 Å². The molecule has 0 fully saturated rings. The molecule has 0 N–H and O–H groups in total. The van der Waals surface area contributed by atoms with Gasteiger partial charge in [0.2, 0.25) is 0 Å². The van der Waals surface area contributed by atoms with Gasteiger partial charge in [-0.3, -0.25) is 9.59 Å². The molecule has 0 amide bonds. The molecule has 0 bridgehead atoms. The van der Waals surface area contributed by atoms with Crippen LogP contribution in [0.25, 0.3) is 0 Å². The quantitative estimate of drug-likeness (QED) is 0.590. The van der Waals surface area contributed by atoms with E-state index in [0.717, 1.165) is 11.1 Å². The molecule has 0 atom stereocenters. The highest BCUT2D eigenvalue weighted by molar-refractivity contribution is 6.09. The van der Waals surface area contributed by atoms with Crippen molar-refractivity contribution in [2.24, 2.45) is 5.41 Å². The Morgan fingerprint density at radius 3 is 2.12 bits per heavy atom. The Kier molecular flexibility index (Phi) is 3.87. The highest BCUT2D eigenvalue weighted by Crippen LogP contribution is 2.19. The van der Waals surface area contributed by atoms with Crippen LogP contribution in [-0.4, -0.2) is 11.6 Å². The van der Waals surface area contributed by atoms with E-state index in [1.54, 1.807) is 6.07 Å². The zero-order chi connectivity index (χ0) is 13.2. The minimum Gasteiger partial charge on any atom is -0.299 e. The number of aryl methyl sites for hydroxylation is 2. The van der Waals surface area contributed by atoms with E-state index in [2.05, 4.69) is 0 Å². The summed E-state index contributed by atoms with van der Waals surface area (Å²) < 4.78 is 0. The Morgan fingerprint density at radius 1 is 1.06 bits per heavy atom. The van der Waals surface area contributed by atoms with E-state index < -0.39 is 5.41 Å². The first-order chi connectivity index (χ1) is 7.71. The average Bonchev–Trinajstić information content (AvgIpc) is 2.20. The fourth-order valence-electron chi connectivity index (χ4n) is 1.43. The molecule has 0 spiro atoms. The van der Waals surface area contributed by atoms with Crippen LogP contribution in [0.2, 0.25) is 0 Å². The van der Waals surface area contributed by atoms with Crippen LogP contribution < -0.4 is 0 Å². The molecule has 0 aliphatic rings. The van der Waals surface area contributed by atoms with Crippen LogP contribution in [0.15, 0.2) is 18.2 Å². The van der Waals surface area contributed by atoms with E-state index in [4.69, 9.17) is 0 Å². The van der Waals surface area contributed by atoms with Gasteiger partial charge in [-0.2, -0.15) is 0 Å². The van der Waals surface area contributed by atoms with Gasteiger partial charge in [-0.1, -0.05) is 32.9 Å². The van der Waals surface area contributed by atoms with Crippen molar-refractivity contribution >= 4 is 11.6 Å². The van der Waals surface area contributed by atoms with Gasteiger partial charge < -0.3 is 0 Å². The first-order valence-electron chi connectivity index (χ1n) is 5.85. The van der Waals surface area contributed by atoms with Gasteiger partial charge in [-0.05, 0) is 31.0 Å². The fraction of sp³-hybridized carbons (Fsp3) is 0.467. The predicted octanol–water partition coefficient (Wildman–Crippen LogP) is 3.49. The number of benzene rings is 1. The Hall–Kier alpha value is -1.44. The first-order valence-corrected chi connectivity index (χ1v) is 5.85. The maximum Gasteiger partial charge on any atom is 0.170 e. The molecule has 0 aliphatic carbocycles. The van der Waals surface area contributed by atoms with Gasteiger partial charge in [0, 0.05) is 11.0 Å². The number of carbonyl (C=O) groups excluding carboxylic acids is 2. The van der Waals surface area contributed by atoms with E-state index >= 15 is 0 Å². The molecule has 1 aromatic carbocycles. The molecule has 92 valence electrons. The molecule has 0 radical (unpaired) electrons. The summed E-state index contributed by atoms with van der Waals surface area (Å²) in [7, 11) is 0. The van der Waals surface area contributed by atoms with Crippen LogP contribution in [0.4, 0.5) is 0 Å². The molecule has 1 rings (SSSR count).